The maximum atomic E-state index is 12.1. The first-order valence-corrected chi connectivity index (χ1v) is 6.24. The summed E-state index contributed by atoms with van der Waals surface area (Å²) in [5.74, 6) is 4.29. The molecule has 0 aliphatic carbocycles. The van der Waals surface area contributed by atoms with E-state index < -0.39 is 16.9 Å². The van der Waals surface area contributed by atoms with Gasteiger partial charge in [0.05, 0.1) is 16.2 Å². The first kappa shape index (κ1) is 16.4. The number of nitro benzene ring substituents is 1. The van der Waals surface area contributed by atoms with Gasteiger partial charge in [-0.1, -0.05) is 0 Å². The standard InChI is InChI=1S/C12H17N5O4/c1-3-14-11(18)7(2)15-12(19)9-6-8(17(20)21)4-5-10(9)16-13/h4-7,16H,3,13H2,1-2H3,(H,14,18)(H,15,19). The molecule has 0 saturated carbocycles. The molecule has 2 amide bonds. The second kappa shape index (κ2) is 7.20. The predicted molar refractivity (Wildman–Crippen MR) is 76.5 cm³/mol. The predicted octanol–water partition coefficient (Wildman–Crippen LogP) is 0.135. The summed E-state index contributed by atoms with van der Waals surface area (Å²) in [4.78, 5) is 33.8. The SMILES string of the molecule is CCNC(=O)C(C)NC(=O)c1cc([N+](=O)[O-])ccc1NN. The number of likely N-dealkylation sites (N-methyl/N-ethyl adjacent to an activating group) is 1. The lowest BCUT2D eigenvalue weighted by Crippen LogP contribution is -2.44. The second-order valence-corrected chi connectivity index (χ2v) is 4.22. The lowest BCUT2D eigenvalue weighted by Gasteiger charge is -2.14. The summed E-state index contributed by atoms with van der Waals surface area (Å²) in [5, 5.41) is 15.8. The Balaban J connectivity index is 2.97. The number of nitrogens with two attached hydrogens (primary N) is 1. The topological polar surface area (TPSA) is 139 Å². The third-order valence-electron chi connectivity index (χ3n) is 2.71. The van der Waals surface area contributed by atoms with Gasteiger partial charge < -0.3 is 16.1 Å². The molecular formula is C12H17N5O4. The Bertz CT molecular complexity index is 561. The maximum absolute atomic E-state index is 12.1. The van der Waals surface area contributed by atoms with Gasteiger partial charge in [0, 0.05) is 18.7 Å². The number of hydrogen-bond donors (Lipinski definition) is 4. The van der Waals surface area contributed by atoms with Crippen LogP contribution in [0.3, 0.4) is 0 Å². The van der Waals surface area contributed by atoms with Gasteiger partial charge in [-0.05, 0) is 19.9 Å². The number of nitrogens with zero attached hydrogens (tertiary/aromatic N) is 1. The van der Waals surface area contributed by atoms with Crippen LogP contribution in [-0.4, -0.2) is 29.3 Å². The summed E-state index contributed by atoms with van der Waals surface area (Å²) in [5.41, 5.74) is 2.25. The Morgan fingerprint density at radius 1 is 1.43 bits per heavy atom. The highest BCUT2D eigenvalue weighted by molar-refractivity contribution is 6.02. The molecule has 1 unspecified atom stereocenters. The Morgan fingerprint density at radius 3 is 2.62 bits per heavy atom. The summed E-state index contributed by atoms with van der Waals surface area (Å²) >= 11 is 0. The Morgan fingerprint density at radius 2 is 2.10 bits per heavy atom. The summed E-state index contributed by atoms with van der Waals surface area (Å²) in [6, 6.07) is 2.86. The lowest BCUT2D eigenvalue weighted by molar-refractivity contribution is -0.384. The van der Waals surface area contributed by atoms with Crippen molar-refractivity contribution in [3.05, 3.63) is 33.9 Å². The number of nitro groups is 1. The van der Waals surface area contributed by atoms with Crippen LogP contribution < -0.4 is 21.9 Å². The van der Waals surface area contributed by atoms with E-state index in [0.29, 0.717) is 6.54 Å². The van der Waals surface area contributed by atoms with Crippen LogP contribution in [0, 0.1) is 10.1 Å². The molecule has 5 N–H and O–H groups in total. The minimum atomic E-state index is -0.776. The van der Waals surface area contributed by atoms with Crippen LogP contribution >= 0.6 is 0 Å². The number of benzene rings is 1. The van der Waals surface area contributed by atoms with E-state index in [1.807, 2.05) is 0 Å². The summed E-state index contributed by atoms with van der Waals surface area (Å²) < 4.78 is 0. The summed E-state index contributed by atoms with van der Waals surface area (Å²) in [6.45, 7) is 3.70. The number of hydrogen-bond acceptors (Lipinski definition) is 6. The molecule has 0 aliphatic heterocycles. The van der Waals surface area contributed by atoms with Gasteiger partial charge in [0.15, 0.2) is 0 Å². The van der Waals surface area contributed by atoms with E-state index in [9.17, 15) is 19.7 Å². The van der Waals surface area contributed by atoms with Gasteiger partial charge >= 0.3 is 0 Å². The molecule has 1 rings (SSSR count). The molecule has 1 atom stereocenters. The zero-order chi connectivity index (χ0) is 16.0. The van der Waals surface area contributed by atoms with Gasteiger partial charge in [-0.15, -0.1) is 0 Å². The van der Waals surface area contributed by atoms with Crippen molar-refractivity contribution < 1.29 is 14.5 Å². The van der Waals surface area contributed by atoms with Crippen LogP contribution in [-0.2, 0) is 4.79 Å². The highest BCUT2D eigenvalue weighted by Crippen LogP contribution is 2.21. The van der Waals surface area contributed by atoms with Crippen molar-refractivity contribution >= 4 is 23.2 Å². The van der Waals surface area contributed by atoms with Crippen molar-refractivity contribution in [1.82, 2.24) is 10.6 Å². The molecule has 0 spiro atoms. The molecule has 0 radical (unpaired) electrons. The number of rotatable bonds is 6. The zero-order valence-electron chi connectivity index (χ0n) is 11.7. The fourth-order valence-electron chi connectivity index (χ4n) is 1.63. The van der Waals surface area contributed by atoms with Crippen LogP contribution in [0.4, 0.5) is 11.4 Å². The molecule has 0 aliphatic rings. The van der Waals surface area contributed by atoms with Crippen LogP contribution in [0.2, 0.25) is 0 Å². The quantitative estimate of drug-likeness (QED) is 0.334. The number of amides is 2. The van der Waals surface area contributed by atoms with E-state index in [4.69, 9.17) is 5.84 Å². The second-order valence-electron chi connectivity index (χ2n) is 4.22. The highest BCUT2D eigenvalue weighted by atomic mass is 16.6. The number of carbonyl (C=O) groups excluding carboxylic acids is 2. The first-order chi connectivity index (χ1) is 9.90. The maximum Gasteiger partial charge on any atom is 0.270 e. The monoisotopic (exact) mass is 295 g/mol. The molecule has 0 heterocycles. The number of non-ortho nitro benzene ring substituents is 1. The Hall–Kier alpha value is -2.68. The molecule has 9 nitrogen and oxygen atoms in total. The summed E-state index contributed by atoms with van der Waals surface area (Å²) in [6.07, 6.45) is 0. The average molecular weight is 295 g/mol. The van der Waals surface area contributed by atoms with Gasteiger partial charge in [-0.2, -0.15) is 0 Å². The van der Waals surface area contributed by atoms with Crippen molar-refractivity contribution in [1.29, 1.82) is 0 Å². The van der Waals surface area contributed by atoms with E-state index in [2.05, 4.69) is 16.1 Å². The van der Waals surface area contributed by atoms with Crippen molar-refractivity contribution in [3.63, 3.8) is 0 Å². The molecular weight excluding hydrogens is 278 g/mol. The number of carbonyl (C=O) groups is 2. The van der Waals surface area contributed by atoms with Gasteiger partial charge in [-0.25, -0.2) is 0 Å². The zero-order valence-corrected chi connectivity index (χ0v) is 11.7. The van der Waals surface area contributed by atoms with Crippen LogP contribution in [0.1, 0.15) is 24.2 Å². The smallest absolute Gasteiger partial charge is 0.270 e. The minimum Gasteiger partial charge on any atom is -0.355 e. The van der Waals surface area contributed by atoms with Gasteiger partial charge in [0.25, 0.3) is 11.6 Å². The first-order valence-electron chi connectivity index (χ1n) is 6.24. The number of anilines is 1. The van der Waals surface area contributed by atoms with Crippen LogP contribution in [0.15, 0.2) is 18.2 Å². The molecule has 0 aromatic heterocycles. The van der Waals surface area contributed by atoms with Crippen molar-refractivity contribution in [2.24, 2.45) is 5.84 Å². The summed E-state index contributed by atoms with van der Waals surface area (Å²) in [7, 11) is 0. The highest BCUT2D eigenvalue weighted by Gasteiger charge is 2.20. The number of hydrazine groups is 1. The van der Waals surface area contributed by atoms with Crippen molar-refractivity contribution in [2.75, 3.05) is 12.0 Å². The van der Waals surface area contributed by atoms with Crippen molar-refractivity contribution in [2.45, 2.75) is 19.9 Å². The molecule has 0 saturated heterocycles. The lowest BCUT2D eigenvalue weighted by atomic mass is 10.1. The van der Waals surface area contributed by atoms with E-state index in [0.717, 1.165) is 6.07 Å². The van der Waals surface area contributed by atoms with Gasteiger partial charge in [-0.3, -0.25) is 25.5 Å². The van der Waals surface area contributed by atoms with E-state index in [1.165, 1.54) is 19.1 Å². The third-order valence-corrected chi connectivity index (χ3v) is 2.71. The minimum absolute atomic E-state index is 0.0113. The third kappa shape index (κ3) is 4.14. The molecule has 114 valence electrons. The largest absolute Gasteiger partial charge is 0.355 e. The van der Waals surface area contributed by atoms with E-state index in [-0.39, 0.29) is 22.8 Å². The fraction of sp³-hybridized carbons (Fsp3) is 0.333. The number of nitrogen functional groups attached to an aromatic ring is 1. The molecule has 1 aromatic rings. The normalized spacial score (nSPS) is 11.4. The number of nitrogens with one attached hydrogen (secondary N) is 3. The Kier molecular flexibility index (Phi) is 5.61. The molecule has 1 aromatic carbocycles. The fourth-order valence-corrected chi connectivity index (χ4v) is 1.63. The van der Waals surface area contributed by atoms with Gasteiger partial charge in [0.1, 0.15) is 6.04 Å². The van der Waals surface area contributed by atoms with Crippen LogP contribution in [0.5, 0.6) is 0 Å². The van der Waals surface area contributed by atoms with Gasteiger partial charge in [0.2, 0.25) is 5.91 Å². The van der Waals surface area contributed by atoms with E-state index in [1.54, 1.807) is 6.92 Å². The Labute approximate surface area is 121 Å². The molecule has 0 bridgehead atoms. The van der Waals surface area contributed by atoms with E-state index >= 15 is 0 Å². The molecule has 21 heavy (non-hydrogen) atoms. The van der Waals surface area contributed by atoms with Crippen molar-refractivity contribution in [3.8, 4) is 0 Å². The molecule has 9 heteroatoms. The molecule has 0 fully saturated rings. The average Bonchev–Trinajstić information content (AvgIpc) is 2.46. The van der Waals surface area contributed by atoms with Crippen LogP contribution in [0.25, 0.3) is 0 Å².